The van der Waals surface area contributed by atoms with Crippen molar-refractivity contribution >= 4 is 15.8 Å². The third-order valence-electron chi connectivity index (χ3n) is 5.40. The minimum atomic E-state index is -3.64. The molecule has 1 aromatic carbocycles. The maximum Gasteiger partial charge on any atom is 0.246 e. The molecule has 3 aromatic rings. The molecule has 1 atom stereocenters. The van der Waals surface area contributed by atoms with Gasteiger partial charge in [0.05, 0.1) is 7.11 Å². The van der Waals surface area contributed by atoms with Crippen LogP contribution in [0.15, 0.2) is 65.8 Å². The SMILES string of the molecule is COc1ccccc1S(=O)(=O)N1CCCC(c2ccc(-c3ccc(N)nc3)cn2)C1. The number of ether oxygens (including phenoxy) is 1. The van der Waals surface area contributed by atoms with Crippen LogP contribution in [0.1, 0.15) is 24.5 Å². The molecule has 30 heavy (non-hydrogen) atoms. The Bertz CT molecular complexity index is 1120. The van der Waals surface area contributed by atoms with Gasteiger partial charge >= 0.3 is 0 Å². The fraction of sp³-hybridized carbons (Fsp3) is 0.273. The highest BCUT2D eigenvalue weighted by molar-refractivity contribution is 7.89. The molecule has 0 bridgehead atoms. The molecule has 0 aliphatic carbocycles. The second kappa shape index (κ2) is 8.41. The molecule has 0 spiro atoms. The lowest BCUT2D eigenvalue weighted by molar-refractivity contribution is 0.310. The lowest BCUT2D eigenvalue weighted by Gasteiger charge is -2.32. The number of sulfonamides is 1. The van der Waals surface area contributed by atoms with E-state index in [-0.39, 0.29) is 10.8 Å². The van der Waals surface area contributed by atoms with Crippen molar-refractivity contribution in [2.45, 2.75) is 23.7 Å². The summed E-state index contributed by atoms with van der Waals surface area (Å²) in [6.07, 6.45) is 5.20. The van der Waals surface area contributed by atoms with E-state index >= 15 is 0 Å². The van der Waals surface area contributed by atoms with Gasteiger partial charge in [-0.05, 0) is 43.2 Å². The number of methoxy groups -OCH3 is 1. The van der Waals surface area contributed by atoms with E-state index in [0.717, 1.165) is 29.7 Å². The minimum absolute atomic E-state index is 0.0434. The van der Waals surface area contributed by atoms with E-state index in [4.69, 9.17) is 10.5 Å². The van der Waals surface area contributed by atoms with Gasteiger partial charge in [0.25, 0.3) is 0 Å². The Morgan fingerprint density at radius 1 is 1.03 bits per heavy atom. The number of aromatic nitrogens is 2. The molecule has 2 aromatic heterocycles. The van der Waals surface area contributed by atoms with Crippen LogP contribution in [0.4, 0.5) is 5.82 Å². The normalized spacial score (nSPS) is 17.6. The fourth-order valence-corrected chi connectivity index (χ4v) is 5.45. The molecule has 1 aliphatic rings. The summed E-state index contributed by atoms with van der Waals surface area (Å²) in [4.78, 5) is 8.93. The molecule has 7 nitrogen and oxygen atoms in total. The van der Waals surface area contributed by atoms with Gasteiger partial charge in [-0.15, -0.1) is 0 Å². The van der Waals surface area contributed by atoms with E-state index < -0.39 is 10.0 Å². The Balaban J connectivity index is 1.54. The Labute approximate surface area is 176 Å². The molecule has 0 saturated carbocycles. The summed E-state index contributed by atoms with van der Waals surface area (Å²) >= 11 is 0. The molecular formula is C22H24N4O3S. The molecule has 1 aliphatic heterocycles. The molecule has 8 heteroatoms. The minimum Gasteiger partial charge on any atom is -0.495 e. The van der Waals surface area contributed by atoms with E-state index in [1.54, 1.807) is 47.0 Å². The average molecular weight is 425 g/mol. The van der Waals surface area contributed by atoms with Gasteiger partial charge < -0.3 is 10.5 Å². The van der Waals surface area contributed by atoms with Crippen LogP contribution in [0.5, 0.6) is 5.75 Å². The molecular weight excluding hydrogens is 400 g/mol. The van der Waals surface area contributed by atoms with E-state index in [2.05, 4.69) is 9.97 Å². The Kier molecular flexibility index (Phi) is 5.69. The summed E-state index contributed by atoms with van der Waals surface area (Å²) in [5.41, 5.74) is 8.42. The van der Waals surface area contributed by atoms with E-state index in [1.807, 2.05) is 18.2 Å². The van der Waals surface area contributed by atoms with E-state index in [0.29, 0.717) is 24.7 Å². The molecule has 4 rings (SSSR count). The van der Waals surface area contributed by atoms with Gasteiger partial charge in [-0.3, -0.25) is 4.98 Å². The molecule has 1 saturated heterocycles. The first kappa shape index (κ1) is 20.3. The van der Waals surface area contributed by atoms with Gasteiger partial charge in [0.2, 0.25) is 10.0 Å². The maximum atomic E-state index is 13.2. The van der Waals surface area contributed by atoms with Crippen molar-refractivity contribution in [3.63, 3.8) is 0 Å². The first-order valence-corrected chi connectivity index (χ1v) is 11.2. The number of piperidine rings is 1. The quantitative estimate of drug-likeness (QED) is 0.675. The first-order chi connectivity index (χ1) is 14.5. The lowest BCUT2D eigenvalue weighted by Crippen LogP contribution is -2.39. The van der Waals surface area contributed by atoms with Crippen molar-refractivity contribution in [3.8, 4) is 16.9 Å². The Morgan fingerprint density at radius 2 is 1.77 bits per heavy atom. The van der Waals surface area contributed by atoms with Crippen LogP contribution in [-0.4, -0.2) is 42.9 Å². The molecule has 1 unspecified atom stereocenters. The molecule has 156 valence electrons. The predicted molar refractivity (Wildman–Crippen MR) is 116 cm³/mol. The highest BCUT2D eigenvalue weighted by Crippen LogP contribution is 2.33. The van der Waals surface area contributed by atoms with Crippen molar-refractivity contribution in [3.05, 3.63) is 66.6 Å². The van der Waals surface area contributed by atoms with Crippen LogP contribution in [0, 0.1) is 0 Å². The number of nitrogens with two attached hydrogens (primary N) is 1. The van der Waals surface area contributed by atoms with Crippen molar-refractivity contribution in [1.82, 2.24) is 14.3 Å². The summed E-state index contributed by atoms with van der Waals surface area (Å²) in [6.45, 7) is 0.891. The summed E-state index contributed by atoms with van der Waals surface area (Å²) < 4.78 is 33.2. The van der Waals surface area contributed by atoms with Gasteiger partial charge in [0.15, 0.2) is 0 Å². The standard InChI is InChI=1S/C22H24N4O3S/c1-29-20-6-2-3-7-21(20)30(27,28)26-12-4-5-18(15-26)19-10-8-16(13-24-19)17-9-11-22(23)25-14-17/h2-3,6-11,13-14,18H,4-5,12,15H2,1H3,(H2,23,25). The van der Waals surface area contributed by atoms with Crippen molar-refractivity contribution in [2.24, 2.45) is 0 Å². The van der Waals surface area contributed by atoms with Gasteiger partial charge in [-0.1, -0.05) is 18.2 Å². The molecule has 0 radical (unpaired) electrons. The zero-order chi connectivity index (χ0) is 21.1. The van der Waals surface area contributed by atoms with Crippen LogP contribution in [-0.2, 0) is 10.0 Å². The van der Waals surface area contributed by atoms with Crippen LogP contribution in [0.25, 0.3) is 11.1 Å². The number of para-hydroxylation sites is 1. The highest BCUT2D eigenvalue weighted by Gasteiger charge is 2.33. The number of benzene rings is 1. The third-order valence-corrected chi connectivity index (χ3v) is 7.30. The van der Waals surface area contributed by atoms with Crippen LogP contribution < -0.4 is 10.5 Å². The third kappa shape index (κ3) is 4.01. The average Bonchev–Trinajstić information content (AvgIpc) is 2.80. The molecule has 3 heterocycles. The summed E-state index contributed by atoms with van der Waals surface area (Å²) in [6, 6.07) is 14.3. The largest absolute Gasteiger partial charge is 0.495 e. The Morgan fingerprint density at radius 3 is 2.43 bits per heavy atom. The topological polar surface area (TPSA) is 98.4 Å². The predicted octanol–water partition coefficient (Wildman–Crippen LogP) is 3.30. The number of rotatable bonds is 5. The zero-order valence-corrected chi connectivity index (χ0v) is 17.5. The van der Waals surface area contributed by atoms with Gasteiger partial charge in [0, 0.05) is 48.2 Å². The maximum absolute atomic E-state index is 13.2. The number of nitrogen functional groups attached to an aromatic ring is 1. The van der Waals surface area contributed by atoms with Crippen LogP contribution >= 0.6 is 0 Å². The monoisotopic (exact) mass is 424 g/mol. The van der Waals surface area contributed by atoms with Crippen molar-refractivity contribution < 1.29 is 13.2 Å². The summed E-state index contributed by atoms with van der Waals surface area (Å²) in [7, 11) is -2.16. The fourth-order valence-electron chi connectivity index (χ4n) is 3.77. The smallest absolute Gasteiger partial charge is 0.246 e. The summed E-state index contributed by atoms with van der Waals surface area (Å²) in [5.74, 6) is 0.878. The molecule has 0 amide bonds. The molecule has 2 N–H and O–H groups in total. The first-order valence-electron chi connectivity index (χ1n) is 9.80. The van der Waals surface area contributed by atoms with Crippen molar-refractivity contribution in [1.29, 1.82) is 0 Å². The Hall–Kier alpha value is -2.97. The second-order valence-electron chi connectivity index (χ2n) is 7.30. The van der Waals surface area contributed by atoms with Crippen molar-refractivity contribution in [2.75, 3.05) is 25.9 Å². The van der Waals surface area contributed by atoms with E-state index in [9.17, 15) is 8.42 Å². The highest BCUT2D eigenvalue weighted by atomic mass is 32.2. The zero-order valence-electron chi connectivity index (χ0n) is 16.7. The number of pyridine rings is 2. The van der Waals surface area contributed by atoms with Gasteiger partial charge in [-0.25, -0.2) is 13.4 Å². The summed E-state index contributed by atoms with van der Waals surface area (Å²) in [5, 5.41) is 0. The number of anilines is 1. The molecule has 1 fully saturated rings. The van der Waals surface area contributed by atoms with Gasteiger partial charge in [0.1, 0.15) is 16.5 Å². The van der Waals surface area contributed by atoms with Crippen LogP contribution in [0.3, 0.4) is 0 Å². The van der Waals surface area contributed by atoms with Crippen LogP contribution in [0.2, 0.25) is 0 Å². The lowest BCUT2D eigenvalue weighted by atomic mass is 9.95. The van der Waals surface area contributed by atoms with Gasteiger partial charge in [-0.2, -0.15) is 4.31 Å². The second-order valence-corrected chi connectivity index (χ2v) is 9.20. The number of hydrogen-bond acceptors (Lipinski definition) is 6. The number of hydrogen-bond donors (Lipinski definition) is 1. The van der Waals surface area contributed by atoms with E-state index in [1.165, 1.54) is 7.11 Å². The number of nitrogens with zero attached hydrogens (tertiary/aromatic N) is 3.